The monoisotopic (exact) mass is 350 g/mol. The number of carbonyl (C=O) groups is 1. The smallest absolute Gasteiger partial charge is 0.271 e. The Kier molecular flexibility index (Phi) is 5.29. The number of benzene rings is 1. The number of nitro groups is 1. The van der Waals surface area contributed by atoms with E-state index in [2.05, 4.69) is 18.4 Å². The van der Waals surface area contributed by atoms with Crippen molar-refractivity contribution in [1.82, 2.24) is 4.57 Å². The van der Waals surface area contributed by atoms with Crippen LogP contribution >= 0.6 is 11.6 Å². The summed E-state index contributed by atoms with van der Waals surface area (Å²) in [5.74, 6) is 0.0812. The van der Waals surface area contributed by atoms with Crippen LogP contribution in [0, 0.1) is 24.0 Å². The van der Waals surface area contributed by atoms with Gasteiger partial charge in [0.25, 0.3) is 5.69 Å². The van der Waals surface area contributed by atoms with Gasteiger partial charge in [-0.25, -0.2) is 0 Å². The van der Waals surface area contributed by atoms with Crippen LogP contribution in [0.15, 0.2) is 24.3 Å². The first-order chi connectivity index (χ1) is 11.2. The Bertz CT molecular complexity index is 796. The van der Waals surface area contributed by atoms with E-state index < -0.39 is 4.92 Å². The Labute approximate surface area is 145 Å². The highest BCUT2D eigenvalue weighted by Crippen LogP contribution is 2.29. The molecule has 0 atom stereocenters. The van der Waals surface area contributed by atoms with Crippen LogP contribution in [0.2, 0.25) is 5.02 Å². The number of Topliss-reactive ketones (excluding diaryl/α,β-unsaturated/α-hetero) is 1. The van der Waals surface area contributed by atoms with Crippen molar-refractivity contribution in [3.8, 4) is 5.75 Å². The maximum absolute atomic E-state index is 12.4. The maximum atomic E-state index is 12.4. The number of halogens is 1. The van der Waals surface area contributed by atoms with Gasteiger partial charge in [-0.05, 0) is 39.8 Å². The van der Waals surface area contributed by atoms with Crippen molar-refractivity contribution in [2.24, 2.45) is 0 Å². The summed E-state index contributed by atoms with van der Waals surface area (Å²) in [6.45, 7) is 7.79. The van der Waals surface area contributed by atoms with E-state index in [1.54, 1.807) is 0 Å². The molecule has 128 valence electrons. The number of ether oxygens (including phenoxy) is 1. The summed E-state index contributed by atoms with van der Waals surface area (Å²) in [4.78, 5) is 22.6. The van der Waals surface area contributed by atoms with Gasteiger partial charge >= 0.3 is 0 Å². The number of nitro benzene ring substituents is 1. The molecule has 1 aromatic carbocycles. The van der Waals surface area contributed by atoms with Crippen molar-refractivity contribution >= 4 is 23.1 Å². The molecule has 0 radical (unpaired) electrons. The molecule has 0 aliphatic rings. The van der Waals surface area contributed by atoms with E-state index in [-0.39, 0.29) is 34.9 Å². The number of aryl methyl sites for hydroxylation is 1. The summed E-state index contributed by atoms with van der Waals surface area (Å²) in [6, 6.07) is 5.99. The zero-order valence-electron chi connectivity index (χ0n) is 14.0. The van der Waals surface area contributed by atoms with E-state index in [9.17, 15) is 14.9 Å². The van der Waals surface area contributed by atoms with E-state index in [1.165, 1.54) is 18.2 Å². The number of hydrogen-bond acceptors (Lipinski definition) is 4. The molecule has 0 bridgehead atoms. The lowest BCUT2D eigenvalue weighted by Gasteiger charge is -2.13. The second-order valence-corrected chi connectivity index (χ2v) is 6.24. The molecule has 0 amide bonds. The summed E-state index contributed by atoms with van der Waals surface area (Å²) in [7, 11) is 0. The fraction of sp³-hybridized carbons (Fsp3) is 0.353. The van der Waals surface area contributed by atoms with Gasteiger partial charge in [0.05, 0.1) is 9.95 Å². The van der Waals surface area contributed by atoms with E-state index in [0.717, 1.165) is 11.4 Å². The van der Waals surface area contributed by atoms with Crippen molar-refractivity contribution in [1.29, 1.82) is 0 Å². The van der Waals surface area contributed by atoms with Gasteiger partial charge in [0.1, 0.15) is 5.75 Å². The van der Waals surface area contributed by atoms with Crippen LogP contribution in [-0.2, 0) is 0 Å². The highest BCUT2D eigenvalue weighted by molar-refractivity contribution is 6.32. The molecule has 0 aliphatic heterocycles. The van der Waals surface area contributed by atoms with Crippen molar-refractivity contribution in [2.75, 3.05) is 6.61 Å². The average molecular weight is 351 g/mol. The van der Waals surface area contributed by atoms with Gasteiger partial charge in [0, 0.05) is 35.1 Å². The zero-order valence-corrected chi connectivity index (χ0v) is 14.8. The van der Waals surface area contributed by atoms with Crippen LogP contribution in [0.5, 0.6) is 5.75 Å². The van der Waals surface area contributed by atoms with E-state index in [1.807, 2.05) is 19.9 Å². The molecule has 0 fully saturated rings. The van der Waals surface area contributed by atoms with Crippen LogP contribution in [0.4, 0.5) is 5.69 Å². The third-order valence-corrected chi connectivity index (χ3v) is 4.08. The van der Waals surface area contributed by atoms with Crippen LogP contribution in [0.25, 0.3) is 0 Å². The molecule has 0 spiro atoms. The molecule has 1 heterocycles. The van der Waals surface area contributed by atoms with Gasteiger partial charge in [-0.2, -0.15) is 0 Å². The highest BCUT2D eigenvalue weighted by Gasteiger charge is 2.18. The predicted molar refractivity (Wildman–Crippen MR) is 92.2 cm³/mol. The fourth-order valence-electron chi connectivity index (χ4n) is 2.80. The topological polar surface area (TPSA) is 74.4 Å². The second kappa shape index (κ2) is 7.05. The number of non-ortho nitro benzene ring substituents is 1. The Balaban J connectivity index is 2.14. The minimum atomic E-state index is -0.540. The molecule has 0 aliphatic carbocycles. The first-order valence-corrected chi connectivity index (χ1v) is 7.88. The number of ketones is 1. The van der Waals surface area contributed by atoms with Crippen LogP contribution in [0.1, 0.15) is 41.6 Å². The molecule has 6 nitrogen and oxygen atoms in total. The predicted octanol–water partition coefficient (Wildman–Crippen LogP) is 4.51. The number of carbonyl (C=O) groups excluding carboxylic acids is 1. The second-order valence-electron chi connectivity index (χ2n) is 5.83. The Morgan fingerprint density at radius 3 is 2.50 bits per heavy atom. The van der Waals surface area contributed by atoms with Gasteiger partial charge in [0.15, 0.2) is 6.61 Å². The highest BCUT2D eigenvalue weighted by atomic mass is 35.5. The number of rotatable bonds is 6. The fourth-order valence-corrected chi connectivity index (χ4v) is 3.02. The quantitative estimate of drug-likeness (QED) is 0.436. The standard InChI is InChI=1S/C17H19ClN2O4/c1-10(2)19-11(3)7-14(12(19)4)16(21)9-24-17-6-5-13(20(22)23)8-15(17)18/h5-8,10H,9H2,1-4H3. The Morgan fingerprint density at radius 1 is 1.33 bits per heavy atom. The lowest BCUT2D eigenvalue weighted by molar-refractivity contribution is -0.384. The molecule has 1 aromatic heterocycles. The van der Waals surface area contributed by atoms with Gasteiger partial charge < -0.3 is 9.30 Å². The summed E-state index contributed by atoms with van der Waals surface area (Å²) in [5, 5.41) is 10.8. The first kappa shape index (κ1) is 18.0. The molecular formula is C17H19ClN2O4. The van der Waals surface area contributed by atoms with Gasteiger partial charge in [-0.3, -0.25) is 14.9 Å². The first-order valence-electron chi connectivity index (χ1n) is 7.50. The average Bonchev–Trinajstić information content (AvgIpc) is 2.80. The van der Waals surface area contributed by atoms with Gasteiger partial charge in [-0.15, -0.1) is 0 Å². The van der Waals surface area contributed by atoms with E-state index in [0.29, 0.717) is 5.56 Å². The lowest BCUT2D eigenvalue weighted by Crippen LogP contribution is -2.13. The molecule has 2 rings (SSSR count). The number of hydrogen-bond donors (Lipinski definition) is 0. The Hall–Kier alpha value is -2.34. The molecule has 7 heteroatoms. The number of nitrogens with zero attached hydrogens (tertiary/aromatic N) is 2. The lowest BCUT2D eigenvalue weighted by atomic mass is 10.1. The molecule has 24 heavy (non-hydrogen) atoms. The number of aromatic nitrogens is 1. The Morgan fingerprint density at radius 2 is 2.00 bits per heavy atom. The molecule has 0 unspecified atom stereocenters. The molecule has 2 aromatic rings. The van der Waals surface area contributed by atoms with Crippen LogP contribution < -0.4 is 4.74 Å². The summed E-state index contributed by atoms with van der Waals surface area (Å²) in [6.07, 6.45) is 0. The van der Waals surface area contributed by atoms with Crippen LogP contribution in [-0.4, -0.2) is 21.9 Å². The van der Waals surface area contributed by atoms with Gasteiger partial charge in [-0.1, -0.05) is 11.6 Å². The third kappa shape index (κ3) is 3.59. The minimum Gasteiger partial charge on any atom is -0.484 e. The van der Waals surface area contributed by atoms with Crippen molar-refractivity contribution in [3.63, 3.8) is 0 Å². The summed E-state index contributed by atoms with van der Waals surface area (Å²) < 4.78 is 7.53. The van der Waals surface area contributed by atoms with Crippen molar-refractivity contribution < 1.29 is 14.5 Å². The molecule has 0 N–H and O–H groups in total. The van der Waals surface area contributed by atoms with Crippen LogP contribution in [0.3, 0.4) is 0 Å². The van der Waals surface area contributed by atoms with E-state index >= 15 is 0 Å². The minimum absolute atomic E-state index is 0.102. The molecular weight excluding hydrogens is 332 g/mol. The van der Waals surface area contributed by atoms with Crippen molar-refractivity contribution in [3.05, 3.63) is 56.4 Å². The molecule has 0 saturated heterocycles. The maximum Gasteiger partial charge on any atom is 0.271 e. The third-order valence-electron chi connectivity index (χ3n) is 3.79. The summed E-state index contributed by atoms with van der Waals surface area (Å²) >= 11 is 5.96. The van der Waals surface area contributed by atoms with Gasteiger partial charge in [0.2, 0.25) is 5.78 Å². The molecule has 0 saturated carbocycles. The van der Waals surface area contributed by atoms with E-state index in [4.69, 9.17) is 16.3 Å². The van der Waals surface area contributed by atoms with Crippen molar-refractivity contribution in [2.45, 2.75) is 33.7 Å². The SMILES string of the molecule is Cc1cc(C(=O)COc2ccc([N+](=O)[O-])cc2Cl)c(C)n1C(C)C. The zero-order chi connectivity index (χ0) is 18.0. The largest absolute Gasteiger partial charge is 0.484 e. The summed E-state index contributed by atoms with van der Waals surface area (Å²) in [5.41, 5.74) is 2.39. The normalized spacial score (nSPS) is 10.9.